The highest BCUT2D eigenvalue weighted by molar-refractivity contribution is 7.15. The minimum Gasteiger partial charge on any atom is -0.296 e. The van der Waals surface area contributed by atoms with Gasteiger partial charge in [0.15, 0.2) is 0 Å². The van der Waals surface area contributed by atoms with E-state index in [0.717, 1.165) is 10.9 Å². The van der Waals surface area contributed by atoms with Crippen LogP contribution in [0.3, 0.4) is 0 Å². The van der Waals surface area contributed by atoms with Gasteiger partial charge in [0.1, 0.15) is 5.01 Å². The van der Waals surface area contributed by atoms with E-state index in [1.165, 1.54) is 68.3 Å². The molecule has 1 aliphatic carbocycles. The molecule has 0 unspecified atom stereocenters. The van der Waals surface area contributed by atoms with Gasteiger partial charge in [-0.1, -0.05) is 56.1 Å². The van der Waals surface area contributed by atoms with Gasteiger partial charge in [-0.3, -0.25) is 10.1 Å². The second-order valence-electron chi connectivity index (χ2n) is 7.42. The monoisotopic (exact) mass is 371 g/mol. The summed E-state index contributed by atoms with van der Waals surface area (Å²) in [7, 11) is 0. The summed E-state index contributed by atoms with van der Waals surface area (Å²) in [6, 6.07) is 8.13. The first-order chi connectivity index (χ1) is 12.7. The highest BCUT2D eigenvalue weighted by atomic mass is 32.1. The first-order valence-corrected chi connectivity index (χ1v) is 10.7. The summed E-state index contributed by atoms with van der Waals surface area (Å²) >= 11 is 1.39. The number of benzene rings is 1. The molecule has 1 fully saturated rings. The number of anilines is 1. The number of hydrogen-bond acceptors (Lipinski definition) is 4. The van der Waals surface area contributed by atoms with Gasteiger partial charge < -0.3 is 0 Å². The predicted octanol–water partition coefficient (Wildman–Crippen LogP) is 5.95. The van der Waals surface area contributed by atoms with E-state index in [-0.39, 0.29) is 5.91 Å². The molecule has 1 heterocycles. The van der Waals surface area contributed by atoms with Crippen molar-refractivity contribution in [3.8, 4) is 0 Å². The maximum atomic E-state index is 12.3. The van der Waals surface area contributed by atoms with Crippen molar-refractivity contribution < 1.29 is 4.79 Å². The molecule has 1 amide bonds. The summed E-state index contributed by atoms with van der Waals surface area (Å²) < 4.78 is 0. The van der Waals surface area contributed by atoms with E-state index in [1.54, 1.807) is 0 Å². The van der Waals surface area contributed by atoms with Crippen LogP contribution in [0.4, 0.5) is 5.13 Å². The minimum atomic E-state index is -0.118. The predicted molar refractivity (Wildman–Crippen MR) is 108 cm³/mol. The van der Waals surface area contributed by atoms with Crippen molar-refractivity contribution >= 4 is 22.4 Å². The van der Waals surface area contributed by atoms with Crippen LogP contribution in [0.5, 0.6) is 0 Å². The maximum absolute atomic E-state index is 12.3. The van der Waals surface area contributed by atoms with Crippen molar-refractivity contribution in [1.82, 2.24) is 10.2 Å². The molecule has 1 aliphatic rings. The van der Waals surface area contributed by atoms with E-state index < -0.39 is 0 Å². The number of unbranched alkanes of at least 4 members (excludes halogenated alkanes) is 2. The third-order valence-corrected chi connectivity index (χ3v) is 6.21. The van der Waals surface area contributed by atoms with Crippen molar-refractivity contribution in [3.05, 3.63) is 40.4 Å². The van der Waals surface area contributed by atoms with Crippen LogP contribution < -0.4 is 5.32 Å². The van der Waals surface area contributed by atoms with Crippen LogP contribution in [0.2, 0.25) is 0 Å². The van der Waals surface area contributed by atoms with E-state index >= 15 is 0 Å². The van der Waals surface area contributed by atoms with Crippen LogP contribution in [0.25, 0.3) is 0 Å². The van der Waals surface area contributed by atoms with E-state index in [4.69, 9.17) is 0 Å². The summed E-state index contributed by atoms with van der Waals surface area (Å²) in [6.07, 6.45) is 10.8. The van der Waals surface area contributed by atoms with Gasteiger partial charge in [0.2, 0.25) is 5.13 Å². The van der Waals surface area contributed by atoms with Crippen molar-refractivity contribution in [2.24, 2.45) is 5.92 Å². The molecule has 0 aliphatic heterocycles. The van der Waals surface area contributed by atoms with E-state index in [0.29, 0.717) is 16.6 Å². The first-order valence-electron chi connectivity index (χ1n) is 9.87. The Bertz CT molecular complexity index is 702. The Kier molecular flexibility index (Phi) is 6.78. The first kappa shape index (κ1) is 19.0. The van der Waals surface area contributed by atoms with Crippen molar-refractivity contribution in [3.63, 3.8) is 0 Å². The van der Waals surface area contributed by atoms with Crippen LogP contribution in [-0.4, -0.2) is 16.1 Å². The Labute approximate surface area is 160 Å². The molecule has 3 rings (SSSR count). The van der Waals surface area contributed by atoms with E-state index in [2.05, 4.69) is 34.6 Å². The topological polar surface area (TPSA) is 54.9 Å². The Morgan fingerprint density at radius 2 is 1.85 bits per heavy atom. The molecule has 2 aromatic rings. The van der Waals surface area contributed by atoms with Crippen LogP contribution >= 0.6 is 11.3 Å². The lowest BCUT2D eigenvalue weighted by Gasteiger charge is -2.29. The Hall–Kier alpha value is -1.75. The van der Waals surface area contributed by atoms with E-state index in [9.17, 15) is 4.79 Å². The van der Waals surface area contributed by atoms with Crippen molar-refractivity contribution in [2.75, 3.05) is 5.32 Å². The fourth-order valence-corrected chi connectivity index (χ4v) is 4.48. The number of carbonyl (C=O) groups excluding carboxylic acids is 1. The normalized spacial score (nSPS) is 20.1. The lowest BCUT2D eigenvalue weighted by Crippen LogP contribution is -2.14. The van der Waals surface area contributed by atoms with Gasteiger partial charge in [-0.05, 0) is 62.1 Å². The largest absolute Gasteiger partial charge is 0.296 e. The molecule has 1 aromatic heterocycles. The van der Waals surface area contributed by atoms with Gasteiger partial charge in [0.05, 0.1) is 0 Å². The number of nitrogens with one attached hydrogen (secondary N) is 1. The number of aryl methyl sites for hydroxylation is 1. The quantitative estimate of drug-likeness (QED) is 0.612. The third kappa shape index (κ3) is 5.13. The van der Waals surface area contributed by atoms with Crippen LogP contribution in [0.15, 0.2) is 24.3 Å². The summed E-state index contributed by atoms with van der Waals surface area (Å²) in [6.45, 7) is 4.15. The van der Waals surface area contributed by atoms with Crippen LogP contribution in [0, 0.1) is 12.8 Å². The number of amides is 1. The number of carbonyl (C=O) groups is 1. The molecule has 5 heteroatoms. The van der Waals surface area contributed by atoms with Gasteiger partial charge in [0.25, 0.3) is 5.91 Å². The molecule has 1 saturated carbocycles. The lowest BCUT2D eigenvalue weighted by atomic mass is 9.77. The van der Waals surface area contributed by atoms with Gasteiger partial charge >= 0.3 is 0 Å². The van der Waals surface area contributed by atoms with E-state index in [1.807, 2.05) is 19.1 Å². The molecule has 0 saturated heterocycles. The molecular weight excluding hydrogens is 342 g/mol. The molecule has 0 spiro atoms. The standard InChI is InChI=1S/C21H29N3OS/c1-3-4-5-6-16-7-9-17(10-8-16)18-11-13-19(14-12-18)20(25)22-21-24-23-15(2)26-21/h11-14,16-17H,3-10H2,1-2H3,(H,22,24,25). The summed E-state index contributed by atoms with van der Waals surface area (Å²) in [5, 5.41) is 12.1. The van der Waals surface area contributed by atoms with Gasteiger partial charge in [-0.25, -0.2) is 0 Å². The highest BCUT2D eigenvalue weighted by Gasteiger charge is 2.22. The second kappa shape index (κ2) is 9.26. The zero-order valence-electron chi connectivity index (χ0n) is 15.8. The zero-order chi connectivity index (χ0) is 18.4. The molecule has 0 radical (unpaired) electrons. The summed E-state index contributed by atoms with van der Waals surface area (Å²) in [5.74, 6) is 1.46. The number of hydrogen-bond donors (Lipinski definition) is 1. The molecule has 0 atom stereocenters. The Morgan fingerprint density at radius 3 is 2.46 bits per heavy atom. The molecule has 140 valence electrons. The van der Waals surface area contributed by atoms with Crippen molar-refractivity contribution in [2.45, 2.75) is 71.1 Å². The van der Waals surface area contributed by atoms with Gasteiger partial charge in [-0.2, -0.15) is 0 Å². The van der Waals surface area contributed by atoms with Gasteiger partial charge in [-0.15, -0.1) is 10.2 Å². The third-order valence-electron chi connectivity index (χ3n) is 5.45. The summed E-state index contributed by atoms with van der Waals surface area (Å²) in [4.78, 5) is 12.3. The average Bonchev–Trinajstić information content (AvgIpc) is 3.07. The van der Waals surface area contributed by atoms with Gasteiger partial charge in [0, 0.05) is 5.56 Å². The smallest absolute Gasteiger partial charge is 0.257 e. The fraction of sp³-hybridized carbons (Fsp3) is 0.571. The lowest BCUT2D eigenvalue weighted by molar-refractivity contribution is 0.102. The van der Waals surface area contributed by atoms with Crippen molar-refractivity contribution in [1.29, 1.82) is 0 Å². The molecule has 26 heavy (non-hydrogen) atoms. The molecular formula is C21H29N3OS. The Morgan fingerprint density at radius 1 is 1.12 bits per heavy atom. The molecule has 0 bridgehead atoms. The fourth-order valence-electron chi connectivity index (χ4n) is 3.89. The zero-order valence-corrected chi connectivity index (χ0v) is 16.6. The SMILES string of the molecule is CCCCCC1CCC(c2ccc(C(=O)Nc3nnc(C)s3)cc2)CC1. The number of aromatic nitrogens is 2. The number of nitrogens with zero attached hydrogens (tertiary/aromatic N) is 2. The maximum Gasteiger partial charge on any atom is 0.257 e. The Balaban J connectivity index is 1.51. The average molecular weight is 372 g/mol. The molecule has 4 nitrogen and oxygen atoms in total. The number of rotatable bonds is 7. The molecule has 1 N–H and O–H groups in total. The molecule has 1 aromatic carbocycles. The minimum absolute atomic E-state index is 0.118. The van der Waals surface area contributed by atoms with Crippen LogP contribution in [-0.2, 0) is 0 Å². The second-order valence-corrected chi connectivity index (χ2v) is 8.60. The van der Waals surface area contributed by atoms with Crippen LogP contribution in [0.1, 0.15) is 85.1 Å². The highest BCUT2D eigenvalue weighted by Crippen LogP contribution is 2.37. The summed E-state index contributed by atoms with van der Waals surface area (Å²) in [5.41, 5.74) is 2.05.